The van der Waals surface area contributed by atoms with Gasteiger partial charge in [0.05, 0.1) is 18.6 Å². The maximum atomic E-state index is 12.1. The quantitative estimate of drug-likeness (QED) is 0.468. The minimum atomic E-state index is -0.869. The molecule has 1 fully saturated rings. The fourth-order valence-corrected chi connectivity index (χ4v) is 2.55. The molecule has 0 N–H and O–H groups in total. The first-order valence-electron chi connectivity index (χ1n) is 7.13. The van der Waals surface area contributed by atoms with Gasteiger partial charge in [-0.25, -0.2) is 9.59 Å². The number of rotatable bonds is 5. The minimum Gasteiger partial charge on any atom is -0.467 e. The minimum absolute atomic E-state index is 0.0312. The van der Waals surface area contributed by atoms with Crippen LogP contribution < -0.4 is 0 Å². The van der Waals surface area contributed by atoms with E-state index in [1.807, 2.05) is 13.8 Å². The highest BCUT2D eigenvalue weighted by atomic mass is 16.6. The molecule has 1 saturated heterocycles. The summed E-state index contributed by atoms with van der Waals surface area (Å²) in [7, 11) is 1.24. The number of esters is 1. The summed E-state index contributed by atoms with van der Waals surface area (Å²) < 4.78 is 10.0. The van der Waals surface area contributed by atoms with Crippen LogP contribution in [0.4, 0.5) is 10.5 Å². The molecule has 1 aliphatic heterocycles. The lowest BCUT2D eigenvalue weighted by atomic mass is 9.99. The van der Waals surface area contributed by atoms with Gasteiger partial charge in [-0.05, 0) is 11.5 Å². The van der Waals surface area contributed by atoms with E-state index < -0.39 is 29.1 Å². The Balaban J connectivity index is 2.29. The second-order valence-electron chi connectivity index (χ2n) is 5.62. The number of nitro benzene ring substituents is 1. The van der Waals surface area contributed by atoms with Crippen molar-refractivity contribution >= 4 is 17.7 Å². The Morgan fingerprint density at radius 2 is 2.17 bits per heavy atom. The van der Waals surface area contributed by atoms with Crippen molar-refractivity contribution in [2.75, 3.05) is 7.11 Å². The molecule has 0 aromatic heterocycles. The smallest absolute Gasteiger partial charge is 0.411 e. The summed E-state index contributed by atoms with van der Waals surface area (Å²) in [5.41, 5.74) is 0.458. The van der Waals surface area contributed by atoms with E-state index in [-0.39, 0.29) is 18.2 Å². The number of benzene rings is 1. The third-order valence-electron chi connectivity index (χ3n) is 3.69. The summed E-state index contributed by atoms with van der Waals surface area (Å²) in [6, 6.07) is 5.04. The lowest BCUT2D eigenvalue weighted by Crippen LogP contribution is -2.44. The zero-order valence-electron chi connectivity index (χ0n) is 13.1. The van der Waals surface area contributed by atoms with Crippen LogP contribution in [0, 0.1) is 16.0 Å². The van der Waals surface area contributed by atoms with Gasteiger partial charge in [0.25, 0.3) is 5.69 Å². The Morgan fingerprint density at radius 1 is 1.48 bits per heavy atom. The molecule has 8 heteroatoms. The van der Waals surface area contributed by atoms with Crippen LogP contribution in [0.25, 0.3) is 0 Å². The fraction of sp³-hybridized carbons (Fsp3) is 0.467. The van der Waals surface area contributed by atoms with Gasteiger partial charge in [-0.1, -0.05) is 26.0 Å². The monoisotopic (exact) mass is 322 g/mol. The molecular weight excluding hydrogens is 304 g/mol. The SMILES string of the molecule is COC(=O)[C@H]1[C@H](C(C)C)OC(=O)N1Cc1cccc([N+](=O)[O-])c1. The molecule has 8 nitrogen and oxygen atoms in total. The molecule has 23 heavy (non-hydrogen) atoms. The van der Waals surface area contributed by atoms with Crippen molar-refractivity contribution < 1.29 is 24.0 Å². The van der Waals surface area contributed by atoms with Gasteiger partial charge in [-0.2, -0.15) is 0 Å². The molecule has 2 rings (SSSR count). The summed E-state index contributed by atoms with van der Waals surface area (Å²) in [5, 5.41) is 10.8. The van der Waals surface area contributed by atoms with E-state index in [2.05, 4.69) is 0 Å². The van der Waals surface area contributed by atoms with E-state index in [1.165, 1.54) is 30.2 Å². The van der Waals surface area contributed by atoms with Crippen molar-refractivity contribution in [3.8, 4) is 0 Å². The van der Waals surface area contributed by atoms with E-state index in [4.69, 9.17) is 9.47 Å². The maximum absolute atomic E-state index is 12.1. The van der Waals surface area contributed by atoms with E-state index in [1.54, 1.807) is 6.07 Å². The van der Waals surface area contributed by atoms with Crippen molar-refractivity contribution in [1.82, 2.24) is 4.90 Å². The van der Waals surface area contributed by atoms with Gasteiger partial charge in [0.1, 0.15) is 6.10 Å². The second kappa shape index (κ2) is 6.64. The first kappa shape index (κ1) is 16.7. The molecule has 0 radical (unpaired) electrons. The van der Waals surface area contributed by atoms with Gasteiger partial charge in [-0.3, -0.25) is 15.0 Å². The molecule has 0 spiro atoms. The van der Waals surface area contributed by atoms with Crippen LogP contribution in [-0.4, -0.2) is 41.1 Å². The van der Waals surface area contributed by atoms with E-state index in [9.17, 15) is 19.7 Å². The maximum Gasteiger partial charge on any atom is 0.411 e. The van der Waals surface area contributed by atoms with Crippen LogP contribution in [0.5, 0.6) is 0 Å². The highest BCUT2D eigenvalue weighted by Gasteiger charge is 2.48. The number of hydrogen-bond donors (Lipinski definition) is 0. The Bertz CT molecular complexity index is 630. The largest absolute Gasteiger partial charge is 0.467 e. The number of ether oxygens (including phenoxy) is 2. The predicted octanol–water partition coefficient (Wildman–Crippen LogP) is 2.11. The number of carbonyl (C=O) groups is 2. The van der Waals surface area contributed by atoms with Crippen LogP contribution >= 0.6 is 0 Å². The molecule has 1 heterocycles. The number of amides is 1. The summed E-state index contributed by atoms with van der Waals surface area (Å²) >= 11 is 0. The van der Waals surface area contributed by atoms with Gasteiger partial charge >= 0.3 is 12.1 Å². The number of nitro groups is 1. The number of carbonyl (C=O) groups excluding carboxylic acids is 2. The number of hydrogen-bond acceptors (Lipinski definition) is 6. The van der Waals surface area contributed by atoms with Crippen LogP contribution in [0.2, 0.25) is 0 Å². The number of cyclic esters (lactones) is 1. The topological polar surface area (TPSA) is 99.0 Å². The standard InChI is InChI=1S/C15H18N2O6/c1-9(2)13-12(14(18)22-3)16(15(19)23-13)8-10-5-4-6-11(7-10)17(20)21/h4-7,9,12-13H,8H2,1-3H3/t12-,13+/m1/s1. The lowest BCUT2D eigenvalue weighted by molar-refractivity contribution is -0.384. The van der Waals surface area contributed by atoms with Crippen LogP contribution in [-0.2, 0) is 20.8 Å². The fourth-order valence-electron chi connectivity index (χ4n) is 2.55. The average Bonchev–Trinajstić information content (AvgIpc) is 2.84. The van der Waals surface area contributed by atoms with Gasteiger partial charge in [0, 0.05) is 12.1 Å². The van der Waals surface area contributed by atoms with Gasteiger partial charge in [0.15, 0.2) is 6.04 Å². The van der Waals surface area contributed by atoms with Crippen molar-refractivity contribution in [1.29, 1.82) is 0 Å². The van der Waals surface area contributed by atoms with Crippen molar-refractivity contribution in [2.45, 2.75) is 32.5 Å². The number of nitrogens with zero attached hydrogens (tertiary/aromatic N) is 2. The van der Waals surface area contributed by atoms with E-state index in [0.717, 1.165) is 0 Å². The van der Waals surface area contributed by atoms with Gasteiger partial charge in [-0.15, -0.1) is 0 Å². The molecule has 0 saturated carbocycles. The van der Waals surface area contributed by atoms with Crippen LogP contribution in [0.15, 0.2) is 24.3 Å². The van der Waals surface area contributed by atoms with Crippen molar-refractivity contribution in [2.24, 2.45) is 5.92 Å². The van der Waals surface area contributed by atoms with Crippen molar-refractivity contribution in [3.05, 3.63) is 39.9 Å². The highest BCUT2D eigenvalue weighted by molar-refractivity contribution is 5.85. The van der Waals surface area contributed by atoms with Crippen LogP contribution in [0.1, 0.15) is 19.4 Å². The Morgan fingerprint density at radius 3 is 2.74 bits per heavy atom. The highest BCUT2D eigenvalue weighted by Crippen LogP contribution is 2.28. The van der Waals surface area contributed by atoms with Crippen molar-refractivity contribution in [3.63, 3.8) is 0 Å². The zero-order valence-corrected chi connectivity index (χ0v) is 13.1. The molecule has 1 amide bonds. The van der Waals surface area contributed by atoms with Gasteiger partial charge < -0.3 is 9.47 Å². The van der Waals surface area contributed by atoms with Crippen LogP contribution in [0.3, 0.4) is 0 Å². The van der Waals surface area contributed by atoms with Gasteiger partial charge in [0.2, 0.25) is 0 Å². The zero-order chi connectivity index (χ0) is 17.1. The molecule has 124 valence electrons. The molecule has 2 atom stereocenters. The number of methoxy groups -OCH3 is 1. The summed E-state index contributed by atoms with van der Waals surface area (Å²) in [6.45, 7) is 3.71. The molecule has 0 bridgehead atoms. The molecule has 0 unspecified atom stereocenters. The summed E-state index contributed by atoms with van der Waals surface area (Å²) in [6.07, 6.45) is -1.25. The summed E-state index contributed by atoms with van der Waals surface area (Å²) in [5.74, 6) is -0.641. The Kier molecular flexibility index (Phi) is 4.83. The summed E-state index contributed by atoms with van der Waals surface area (Å²) in [4.78, 5) is 35.7. The number of non-ortho nitro benzene ring substituents is 1. The normalized spacial score (nSPS) is 20.5. The van der Waals surface area contributed by atoms with E-state index in [0.29, 0.717) is 5.56 Å². The van der Waals surface area contributed by atoms with E-state index >= 15 is 0 Å². The second-order valence-corrected chi connectivity index (χ2v) is 5.62. The molecule has 1 aromatic rings. The first-order valence-corrected chi connectivity index (χ1v) is 7.13. The Hall–Kier alpha value is -2.64. The first-order chi connectivity index (χ1) is 10.8. The molecule has 1 aromatic carbocycles. The lowest BCUT2D eigenvalue weighted by Gasteiger charge is -2.24. The third-order valence-corrected chi connectivity index (χ3v) is 3.69. The predicted molar refractivity (Wildman–Crippen MR) is 79.6 cm³/mol. The molecular formula is C15H18N2O6. The Labute approximate surface area is 133 Å². The molecule has 1 aliphatic rings. The molecule has 0 aliphatic carbocycles. The average molecular weight is 322 g/mol. The third kappa shape index (κ3) is 3.41.